The number of hydrogen-bond donors (Lipinski definition) is 0. The summed E-state index contributed by atoms with van der Waals surface area (Å²) in [7, 11) is -2.72. The number of nitrogens with zero attached hydrogens (tertiary/aromatic N) is 1. The van der Waals surface area contributed by atoms with E-state index in [4.69, 9.17) is 0 Å². The molecule has 1 saturated carbocycles. The lowest BCUT2D eigenvalue weighted by molar-refractivity contribution is 0.284. The van der Waals surface area contributed by atoms with Crippen molar-refractivity contribution in [2.45, 2.75) is 43.0 Å². The predicted molar refractivity (Wildman–Crippen MR) is 68.2 cm³/mol. The van der Waals surface area contributed by atoms with E-state index in [1.165, 1.54) is 7.05 Å². The molecule has 3 nitrogen and oxygen atoms in total. The molecular formula is C13H17F2NO2S. The molecule has 0 atom stereocenters. The number of rotatable bonds is 3. The molecule has 0 heterocycles. The van der Waals surface area contributed by atoms with Crippen LogP contribution in [0.1, 0.15) is 32.1 Å². The fourth-order valence-corrected chi connectivity index (χ4v) is 4.03. The van der Waals surface area contributed by atoms with Gasteiger partial charge in [0.15, 0.2) is 4.90 Å². The highest BCUT2D eigenvalue weighted by atomic mass is 32.2. The summed E-state index contributed by atoms with van der Waals surface area (Å²) in [6.45, 7) is 0. The summed E-state index contributed by atoms with van der Waals surface area (Å²) in [6.07, 6.45) is 4.46. The molecule has 1 aliphatic carbocycles. The molecule has 1 aromatic rings. The molecule has 2 rings (SSSR count). The van der Waals surface area contributed by atoms with Gasteiger partial charge in [0.25, 0.3) is 0 Å². The van der Waals surface area contributed by atoms with Gasteiger partial charge in [0, 0.05) is 13.1 Å². The summed E-state index contributed by atoms with van der Waals surface area (Å²) in [5, 5.41) is 0. The zero-order valence-corrected chi connectivity index (χ0v) is 11.6. The second kappa shape index (κ2) is 5.54. The number of sulfonamides is 1. The molecule has 0 aliphatic heterocycles. The Hall–Kier alpha value is -1.01. The standard InChI is InChI=1S/C13H17F2NO2S/c1-16(10-6-3-2-4-7-10)19(17,18)13-11(14)8-5-9-12(13)15/h5,8-10H,2-4,6-7H2,1H3. The summed E-state index contributed by atoms with van der Waals surface area (Å²) >= 11 is 0. The fraction of sp³-hybridized carbons (Fsp3) is 0.538. The van der Waals surface area contributed by atoms with Gasteiger partial charge in [0.05, 0.1) is 0 Å². The quantitative estimate of drug-likeness (QED) is 0.858. The maximum atomic E-state index is 13.6. The minimum atomic E-state index is -4.12. The van der Waals surface area contributed by atoms with E-state index >= 15 is 0 Å². The Kier molecular flexibility index (Phi) is 4.20. The second-order valence-electron chi connectivity index (χ2n) is 4.86. The normalized spacial score (nSPS) is 17.9. The monoisotopic (exact) mass is 289 g/mol. The van der Waals surface area contributed by atoms with E-state index in [2.05, 4.69) is 0 Å². The van der Waals surface area contributed by atoms with Crippen LogP contribution in [0.4, 0.5) is 8.78 Å². The maximum Gasteiger partial charge on any atom is 0.248 e. The average Bonchev–Trinajstić information content (AvgIpc) is 2.38. The van der Waals surface area contributed by atoms with Gasteiger partial charge >= 0.3 is 0 Å². The number of halogens is 2. The topological polar surface area (TPSA) is 37.4 Å². The van der Waals surface area contributed by atoms with Gasteiger partial charge < -0.3 is 0 Å². The van der Waals surface area contributed by atoms with E-state index in [1.54, 1.807) is 0 Å². The Balaban J connectivity index is 2.36. The van der Waals surface area contributed by atoms with Gasteiger partial charge in [-0.15, -0.1) is 0 Å². The van der Waals surface area contributed by atoms with Crippen molar-refractivity contribution in [1.29, 1.82) is 0 Å². The molecule has 0 spiro atoms. The van der Waals surface area contributed by atoms with Gasteiger partial charge in [-0.2, -0.15) is 4.31 Å². The van der Waals surface area contributed by atoms with E-state index in [0.29, 0.717) is 0 Å². The third-order valence-electron chi connectivity index (χ3n) is 3.64. The van der Waals surface area contributed by atoms with E-state index in [0.717, 1.165) is 54.6 Å². The van der Waals surface area contributed by atoms with E-state index in [9.17, 15) is 17.2 Å². The molecule has 0 saturated heterocycles. The molecular weight excluding hydrogens is 272 g/mol. The van der Waals surface area contributed by atoms with Gasteiger partial charge in [0.1, 0.15) is 11.6 Å². The van der Waals surface area contributed by atoms with Crippen LogP contribution in [0.2, 0.25) is 0 Å². The molecule has 1 aromatic carbocycles. The zero-order chi connectivity index (χ0) is 14.0. The van der Waals surface area contributed by atoms with E-state index < -0.39 is 26.6 Å². The van der Waals surface area contributed by atoms with Crippen molar-refractivity contribution >= 4 is 10.0 Å². The van der Waals surface area contributed by atoms with Crippen molar-refractivity contribution in [2.24, 2.45) is 0 Å². The lowest BCUT2D eigenvalue weighted by Gasteiger charge is -2.30. The van der Waals surface area contributed by atoms with Crippen LogP contribution in [-0.2, 0) is 10.0 Å². The lowest BCUT2D eigenvalue weighted by Crippen LogP contribution is -2.39. The number of hydrogen-bond acceptors (Lipinski definition) is 2. The molecule has 0 radical (unpaired) electrons. The maximum absolute atomic E-state index is 13.6. The molecule has 0 aromatic heterocycles. The van der Waals surface area contributed by atoms with E-state index in [1.807, 2.05) is 0 Å². The molecule has 19 heavy (non-hydrogen) atoms. The van der Waals surface area contributed by atoms with Crippen LogP contribution in [0.15, 0.2) is 23.1 Å². The Morgan fingerprint density at radius 1 is 1.11 bits per heavy atom. The molecule has 0 amide bonds. The van der Waals surface area contributed by atoms with E-state index in [-0.39, 0.29) is 6.04 Å². The molecule has 0 bridgehead atoms. The first-order chi connectivity index (χ1) is 8.94. The third-order valence-corrected chi connectivity index (χ3v) is 5.61. The first-order valence-electron chi connectivity index (χ1n) is 6.36. The molecule has 1 fully saturated rings. The van der Waals surface area contributed by atoms with Crippen molar-refractivity contribution < 1.29 is 17.2 Å². The largest absolute Gasteiger partial charge is 0.248 e. The second-order valence-corrected chi connectivity index (χ2v) is 6.80. The first kappa shape index (κ1) is 14.4. The third kappa shape index (κ3) is 2.79. The molecule has 0 N–H and O–H groups in total. The van der Waals surface area contributed by atoms with Crippen molar-refractivity contribution in [1.82, 2.24) is 4.31 Å². The first-order valence-corrected chi connectivity index (χ1v) is 7.80. The van der Waals surface area contributed by atoms with Gasteiger partial charge in [-0.1, -0.05) is 25.3 Å². The van der Waals surface area contributed by atoms with Gasteiger partial charge in [-0.25, -0.2) is 17.2 Å². The number of benzene rings is 1. The zero-order valence-electron chi connectivity index (χ0n) is 10.8. The van der Waals surface area contributed by atoms with Crippen LogP contribution in [0.5, 0.6) is 0 Å². The Bertz CT molecular complexity index is 534. The van der Waals surface area contributed by atoms with Crippen molar-refractivity contribution in [3.63, 3.8) is 0 Å². The van der Waals surface area contributed by atoms with Gasteiger partial charge in [-0.3, -0.25) is 0 Å². The highest BCUT2D eigenvalue weighted by Crippen LogP contribution is 2.28. The summed E-state index contributed by atoms with van der Waals surface area (Å²) in [5.74, 6) is -2.08. The summed E-state index contributed by atoms with van der Waals surface area (Å²) in [5.41, 5.74) is 0. The lowest BCUT2D eigenvalue weighted by atomic mass is 9.96. The Morgan fingerprint density at radius 2 is 1.63 bits per heavy atom. The van der Waals surface area contributed by atoms with Crippen LogP contribution in [0.3, 0.4) is 0 Å². The fourth-order valence-electron chi connectivity index (χ4n) is 2.51. The summed E-state index contributed by atoms with van der Waals surface area (Å²) < 4.78 is 53.0. The van der Waals surface area contributed by atoms with Crippen LogP contribution < -0.4 is 0 Å². The minimum Gasteiger partial charge on any atom is -0.207 e. The predicted octanol–water partition coefficient (Wildman–Crippen LogP) is 2.92. The van der Waals surface area contributed by atoms with Crippen LogP contribution >= 0.6 is 0 Å². The van der Waals surface area contributed by atoms with Crippen molar-refractivity contribution in [3.8, 4) is 0 Å². The molecule has 6 heteroatoms. The van der Waals surface area contributed by atoms with Crippen LogP contribution in [0.25, 0.3) is 0 Å². The Labute approximate surface area is 112 Å². The molecule has 1 aliphatic rings. The van der Waals surface area contributed by atoms with Crippen molar-refractivity contribution in [3.05, 3.63) is 29.8 Å². The average molecular weight is 289 g/mol. The summed E-state index contributed by atoms with van der Waals surface area (Å²) in [6, 6.07) is 2.91. The van der Waals surface area contributed by atoms with Gasteiger partial charge in [0.2, 0.25) is 10.0 Å². The SMILES string of the molecule is CN(C1CCCCC1)S(=O)(=O)c1c(F)cccc1F. The smallest absolute Gasteiger partial charge is 0.207 e. The summed E-state index contributed by atoms with van der Waals surface area (Å²) in [4.78, 5) is -0.844. The molecule has 0 unspecified atom stereocenters. The highest BCUT2D eigenvalue weighted by molar-refractivity contribution is 7.89. The molecule has 106 valence electrons. The van der Waals surface area contributed by atoms with Crippen LogP contribution in [0, 0.1) is 11.6 Å². The highest BCUT2D eigenvalue weighted by Gasteiger charge is 2.33. The van der Waals surface area contributed by atoms with Crippen LogP contribution in [-0.4, -0.2) is 25.8 Å². The van der Waals surface area contributed by atoms with Gasteiger partial charge in [-0.05, 0) is 25.0 Å². The van der Waals surface area contributed by atoms with Crippen molar-refractivity contribution in [2.75, 3.05) is 7.05 Å². The Morgan fingerprint density at radius 3 is 2.16 bits per heavy atom. The minimum absolute atomic E-state index is 0.169.